The summed E-state index contributed by atoms with van der Waals surface area (Å²) >= 11 is 6.42. The monoisotopic (exact) mass is 506 g/mol. The van der Waals surface area contributed by atoms with Gasteiger partial charge in [-0.15, -0.1) is 0 Å². The maximum atomic E-state index is 14.7. The highest BCUT2D eigenvalue weighted by molar-refractivity contribution is 6.32. The number of anilines is 3. The second-order valence-corrected chi connectivity index (χ2v) is 8.06. The van der Waals surface area contributed by atoms with Crippen molar-refractivity contribution >= 4 is 39.6 Å². The van der Waals surface area contributed by atoms with E-state index in [1.807, 2.05) is 6.07 Å². The lowest BCUT2D eigenvalue weighted by molar-refractivity contribution is 0.480. The average molecular weight is 507 g/mol. The highest BCUT2D eigenvalue weighted by atomic mass is 35.5. The molecule has 0 amide bonds. The van der Waals surface area contributed by atoms with E-state index in [0.717, 1.165) is 12.3 Å². The molecule has 0 spiro atoms. The SMILES string of the molecule is N#Cc1cnc2c(N[C@H](c3cn[nH]n3)c3ccccc3F)cc(Cl)cc2c1Nc1cnc(F)c(F)c1. The Kier molecular flexibility index (Phi) is 6.10. The first-order valence-corrected chi connectivity index (χ1v) is 10.8. The number of fused-ring (bicyclic) bond motifs is 1. The number of benzene rings is 2. The van der Waals surface area contributed by atoms with Gasteiger partial charge in [-0.3, -0.25) is 4.98 Å². The third kappa shape index (κ3) is 4.37. The second kappa shape index (κ2) is 9.52. The van der Waals surface area contributed by atoms with Crippen LogP contribution in [0.25, 0.3) is 10.9 Å². The average Bonchev–Trinajstić information content (AvgIpc) is 3.40. The molecule has 0 bridgehead atoms. The molecule has 5 aromatic rings. The number of halogens is 4. The molecule has 0 saturated heterocycles. The molecule has 178 valence electrons. The number of aromatic amines is 1. The van der Waals surface area contributed by atoms with Crippen LogP contribution >= 0.6 is 11.6 Å². The van der Waals surface area contributed by atoms with Crippen molar-refractivity contribution in [3.05, 3.63) is 100 Å². The molecule has 0 aliphatic rings. The zero-order valence-corrected chi connectivity index (χ0v) is 18.9. The Morgan fingerprint density at radius 3 is 2.56 bits per heavy atom. The Balaban J connectivity index is 1.65. The molecule has 36 heavy (non-hydrogen) atoms. The van der Waals surface area contributed by atoms with Gasteiger partial charge in [0.05, 0.1) is 40.5 Å². The van der Waals surface area contributed by atoms with E-state index in [9.17, 15) is 18.4 Å². The van der Waals surface area contributed by atoms with Gasteiger partial charge in [-0.05, 0) is 18.2 Å². The van der Waals surface area contributed by atoms with E-state index in [4.69, 9.17) is 11.6 Å². The zero-order chi connectivity index (χ0) is 25.2. The van der Waals surface area contributed by atoms with Crippen molar-refractivity contribution in [3.63, 3.8) is 0 Å². The first-order valence-electron chi connectivity index (χ1n) is 10.4. The van der Waals surface area contributed by atoms with Crippen molar-refractivity contribution in [3.8, 4) is 6.07 Å². The summed E-state index contributed by atoms with van der Waals surface area (Å²) in [6.45, 7) is 0. The maximum absolute atomic E-state index is 14.7. The quantitative estimate of drug-likeness (QED) is 0.255. The van der Waals surface area contributed by atoms with Crippen LogP contribution in [0, 0.1) is 28.9 Å². The third-order valence-corrected chi connectivity index (χ3v) is 5.59. The lowest BCUT2D eigenvalue weighted by atomic mass is 10.0. The topological polar surface area (TPSA) is 115 Å². The van der Waals surface area contributed by atoms with Gasteiger partial charge in [0.25, 0.3) is 0 Å². The summed E-state index contributed by atoms with van der Waals surface area (Å²) in [4.78, 5) is 7.77. The highest BCUT2D eigenvalue weighted by Crippen LogP contribution is 2.37. The van der Waals surface area contributed by atoms with E-state index in [1.54, 1.807) is 30.3 Å². The first kappa shape index (κ1) is 23.1. The van der Waals surface area contributed by atoms with Crippen LogP contribution in [0.1, 0.15) is 22.9 Å². The van der Waals surface area contributed by atoms with E-state index in [-0.39, 0.29) is 22.0 Å². The Labute approximate surface area is 206 Å². The predicted molar refractivity (Wildman–Crippen MR) is 127 cm³/mol. The number of hydrogen-bond donors (Lipinski definition) is 3. The van der Waals surface area contributed by atoms with Crippen LogP contribution < -0.4 is 10.6 Å². The van der Waals surface area contributed by atoms with Gasteiger partial charge >= 0.3 is 0 Å². The van der Waals surface area contributed by atoms with Crippen LogP contribution in [0.4, 0.5) is 30.2 Å². The minimum Gasteiger partial charge on any atom is -0.371 e. The number of H-pyrrole nitrogens is 1. The van der Waals surface area contributed by atoms with Crippen LogP contribution in [0.2, 0.25) is 5.02 Å². The second-order valence-electron chi connectivity index (χ2n) is 7.62. The molecular formula is C24H14ClF3N8. The molecule has 3 heterocycles. The molecule has 0 fully saturated rings. The lowest BCUT2D eigenvalue weighted by Crippen LogP contribution is -2.15. The zero-order valence-electron chi connectivity index (χ0n) is 18.1. The van der Waals surface area contributed by atoms with E-state index in [0.29, 0.717) is 27.8 Å². The van der Waals surface area contributed by atoms with Gasteiger partial charge in [-0.1, -0.05) is 29.8 Å². The fraction of sp³-hybridized carbons (Fsp3) is 0.0417. The van der Waals surface area contributed by atoms with Crippen molar-refractivity contribution < 1.29 is 13.2 Å². The molecule has 1 atom stereocenters. The van der Waals surface area contributed by atoms with Gasteiger partial charge in [0.15, 0.2) is 5.82 Å². The minimum atomic E-state index is -1.25. The van der Waals surface area contributed by atoms with Crippen molar-refractivity contribution in [2.45, 2.75) is 6.04 Å². The Hall–Kier alpha value is -4.69. The summed E-state index contributed by atoms with van der Waals surface area (Å²) in [6.07, 6.45) is 3.88. The fourth-order valence-corrected chi connectivity index (χ4v) is 3.97. The summed E-state index contributed by atoms with van der Waals surface area (Å²) in [5.41, 5.74) is 1.99. The number of hydrogen-bond acceptors (Lipinski definition) is 7. The molecule has 0 unspecified atom stereocenters. The molecular weight excluding hydrogens is 493 g/mol. The fourth-order valence-electron chi connectivity index (χ4n) is 3.76. The van der Waals surface area contributed by atoms with Crippen LogP contribution in [0.5, 0.6) is 0 Å². The van der Waals surface area contributed by atoms with Crippen LogP contribution in [-0.2, 0) is 0 Å². The highest BCUT2D eigenvalue weighted by Gasteiger charge is 2.23. The number of nitrogens with zero attached hydrogens (tertiary/aromatic N) is 5. The summed E-state index contributed by atoms with van der Waals surface area (Å²) in [5.74, 6) is -2.86. The van der Waals surface area contributed by atoms with Gasteiger partial charge in [0.2, 0.25) is 5.95 Å². The van der Waals surface area contributed by atoms with E-state index >= 15 is 0 Å². The minimum absolute atomic E-state index is 0.110. The predicted octanol–water partition coefficient (Wildman–Crippen LogP) is 5.64. The van der Waals surface area contributed by atoms with E-state index < -0.39 is 23.6 Å². The molecule has 0 saturated carbocycles. The Morgan fingerprint density at radius 2 is 1.83 bits per heavy atom. The first-order chi connectivity index (χ1) is 17.4. The molecule has 5 rings (SSSR count). The van der Waals surface area contributed by atoms with Gasteiger partial charge < -0.3 is 10.6 Å². The molecule has 0 radical (unpaired) electrons. The number of aromatic nitrogens is 5. The van der Waals surface area contributed by atoms with E-state index in [2.05, 4.69) is 36.0 Å². The van der Waals surface area contributed by atoms with Crippen LogP contribution in [0.3, 0.4) is 0 Å². The van der Waals surface area contributed by atoms with Gasteiger partial charge in [-0.25, -0.2) is 13.8 Å². The van der Waals surface area contributed by atoms with E-state index in [1.165, 1.54) is 18.5 Å². The smallest absolute Gasteiger partial charge is 0.249 e. The van der Waals surface area contributed by atoms with Gasteiger partial charge in [-0.2, -0.15) is 25.1 Å². The standard InChI is InChI=1S/C24H14ClF3N8/c25-13-5-16-21(33-14-7-18(27)24(28)31-10-14)12(8-29)9-30-22(16)19(6-13)34-23(20-11-32-36-35-20)15-3-1-2-4-17(15)26/h1-7,9-11,23,34H,(H,30,33)(H,32,35,36)/t23-/m0/s1. The number of nitriles is 1. The number of rotatable bonds is 6. The largest absolute Gasteiger partial charge is 0.371 e. The third-order valence-electron chi connectivity index (χ3n) is 5.37. The van der Waals surface area contributed by atoms with Crippen molar-refractivity contribution in [2.24, 2.45) is 0 Å². The molecule has 2 aromatic carbocycles. The molecule has 3 N–H and O–H groups in total. The lowest BCUT2D eigenvalue weighted by Gasteiger charge is -2.21. The molecule has 12 heteroatoms. The van der Waals surface area contributed by atoms with Crippen molar-refractivity contribution in [1.29, 1.82) is 5.26 Å². The summed E-state index contributed by atoms with van der Waals surface area (Å²) < 4.78 is 41.8. The van der Waals surface area contributed by atoms with Crippen molar-refractivity contribution in [2.75, 3.05) is 10.6 Å². The number of pyridine rings is 2. The molecule has 3 aromatic heterocycles. The van der Waals surface area contributed by atoms with Crippen molar-refractivity contribution in [1.82, 2.24) is 25.4 Å². The van der Waals surface area contributed by atoms with Crippen LogP contribution in [-0.4, -0.2) is 25.4 Å². The molecule has 0 aliphatic heterocycles. The van der Waals surface area contributed by atoms with Crippen LogP contribution in [0.15, 0.2) is 61.1 Å². The Morgan fingerprint density at radius 1 is 1.00 bits per heavy atom. The number of nitrogens with one attached hydrogen (secondary N) is 3. The normalized spacial score (nSPS) is 11.8. The molecule has 0 aliphatic carbocycles. The summed E-state index contributed by atoms with van der Waals surface area (Å²) in [6, 6.07) is 11.5. The van der Waals surface area contributed by atoms with Gasteiger partial charge in [0, 0.05) is 28.2 Å². The Bertz CT molecular complexity index is 1620. The summed E-state index contributed by atoms with van der Waals surface area (Å²) in [7, 11) is 0. The summed E-state index contributed by atoms with van der Waals surface area (Å²) in [5, 5.41) is 26.9. The maximum Gasteiger partial charge on any atom is 0.249 e. The molecule has 8 nitrogen and oxygen atoms in total. The van der Waals surface area contributed by atoms with Gasteiger partial charge in [0.1, 0.15) is 23.6 Å².